The van der Waals surface area contributed by atoms with Gasteiger partial charge in [0.1, 0.15) is 5.82 Å². The van der Waals surface area contributed by atoms with Gasteiger partial charge in [0.2, 0.25) is 0 Å². The third-order valence-electron chi connectivity index (χ3n) is 3.52. The Morgan fingerprint density at radius 1 is 1.32 bits per heavy atom. The average molecular weight is 267 g/mol. The topological polar surface area (TPSA) is 32.7 Å². The highest BCUT2D eigenvalue weighted by molar-refractivity contribution is 5.57. The molecule has 1 aromatic carbocycles. The molecule has 3 atom stereocenters. The number of hydrogen-bond donors (Lipinski definition) is 1. The van der Waals surface area contributed by atoms with Crippen molar-refractivity contribution in [3.05, 3.63) is 29.1 Å². The van der Waals surface area contributed by atoms with Crippen LogP contribution in [0.15, 0.2) is 12.1 Å². The van der Waals surface area contributed by atoms with Gasteiger partial charge in [0.25, 0.3) is 0 Å². The van der Waals surface area contributed by atoms with Gasteiger partial charge < -0.3 is 14.7 Å². The molecular formula is C15H22FNO2. The zero-order valence-corrected chi connectivity index (χ0v) is 12.0. The number of aliphatic hydroxyl groups is 1. The first kappa shape index (κ1) is 14.3. The summed E-state index contributed by atoms with van der Waals surface area (Å²) < 4.78 is 19.4. The van der Waals surface area contributed by atoms with Crippen molar-refractivity contribution >= 4 is 5.69 Å². The van der Waals surface area contributed by atoms with Crippen LogP contribution in [0.4, 0.5) is 10.1 Å². The molecule has 0 aliphatic carbocycles. The van der Waals surface area contributed by atoms with E-state index in [1.54, 1.807) is 13.8 Å². The van der Waals surface area contributed by atoms with Crippen molar-refractivity contribution in [3.63, 3.8) is 0 Å². The van der Waals surface area contributed by atoms with Crippen molar-refractivity contribution in [2.24, 2.45) is 0 Å². The second kappa shape index (κ2) is 5.47. The van der Waals surface area contributed by atoms with Crippen molar-refractivity contribution in [3.8, 4) is 0 Å². The summed E-state index contributed by atoms with van der Waals surface area (Å²) in [6.07, 6.45) is -0.412. The highest BCUT2D eigenvalue weighted by Gasteiger charge is 2.25. The van der Waals surface area contributed by atoms with E-state index in [1.165, 1.54) is 6.07 Å². The van der Waals surface area contributed by atoms with Crippen LogP contribution in [0, 0.1) is 12.7 Å². The first-order valence-corrected chi connectivity index (χ1v) is 6.77. The van der Waals surface area contributed by atoms with Crippen LogP contribution in [0.25, 0.3) is 0 Å². The highest BCUT2D eigenvalue weighted by atomic mass is 19.1. The summed E-state index contributed by atoms with van der Waals surface area (Å²) in [5.41, 5.74) is 2.16. The zero-order chi connectivity index (χ0) is 14.2. The molecule has 4 heteroatoms. The number of aryl methyl sites for hydroxylation is 1. The van der Waals surface area contributed by atoms with Crippen LogP contribution in [-0.4, -0.2) is 30.4 Å². The van der Waals surface area contributed by atoms with Crippen LogP contribution >= 0.6 is 0 Å². The van der Waals surface area contributed by atoms with Crippen molar-refractivity contribution in [2.75, 3.05) is 18.0 Å². The molecular weight excluding hydrogens is 245 g/mol. The van der Waals surface area contributed by atoms with E-state index in [0.717, 1.165) is 18.8 Å². The van der Waals surface area contributed by atoms with Gasteiger partial charge in [-0.2, -0.15) is 0 Å². The molecule has 1 heterocycles. The fourth-order valence-electron chi connectivity index (χ4n) is 2.66. The molecule has 0 aromatic heterocycles. The summed E-state index contributed by atoms with van der Waals surface area (Å²) in [6.45, 7) is 8.99. The number of morpholine rings is 1. The van der Waals surface area contributed by atoms with Gasteiger partial charge in [-0.3, -0.25) is 0 Å². The first-order valence-electron chi connectivity index (χ1n) is 6.77. The van der Waals surface area contributed by atoms with Crippen LogP contribution in [0.5, 0.6) is 0 Å². The van der Waals surface area contributed by atoms with E-state index in [0.29, 0.717) is 11.1 Å². The Morgan fingerprint density at radius 2 is 1.89 bits per heavy atom. The van der Waals surface area contributed by atoms with Crippen molar-refractivity contribution in [2.45, 2.75) is 46.0 Å². The molecule has 1 aliphatic heterocycles. The lowest BCUT2D eigenvalue weighted by molar-refractivity contribution is -0.00538. The predicted octanol–water partition coefficient (Wildman–Crippen LogP) is 2.80. The Labute approximate surface area is 114 Å². The van der Waals surface area contributed by atoms with E-state index in [2.05, 4.69) is 4.90 Å². The minimum absolute atomic E-state index is 0.135. The number of rotatable bonds is 2. The van der Waals surface area contributed by atoms with Crippen molar-refractivity contribution in [1.82, 2.24) is 0 Å². The van der Waals surface area contributed by atoms with E-state index < -0.39 is 6.10 Å². The van der Waals surface area contributed by atoms with Gasteiger partial charge in [-0.15, -0.1) is 0 Å². The van der Waals surface area contributed by atoms with Crippen LogP contribution < -0.4 is 4.90 Å². The van der Waals surface area contributed by atoms with Crippen molar-refractivity contribution in [1.29, 1.82) is 0 Å². The van der Waals surface area contributed by atoms with E-state index in [-0.39, 0.29) is 18.0 Å². The molecule has 0 saturated carbocycles. The van der Waals surface area contributed by atoms with Gasteiger partial charge in [0.15, 0.2) is 0 Å². The van der Waals surface area contributed by atoms with Crippen LogP contribution in [-0.2, 0) is 4.74 Å². The number of ether oxygens (including phenoxy) is 1. The van der Waals surface area contributed by atoms with Crippen LogP contribution in [0.3, 0.4) is 0 Å². The fourth-order valence-corrected chi connectivity index (χ4v) is 2.66. The molecule has 0 radical (unpaired) electrons. The number of hydrogen-bond acceptors (Lipinski definition) is 3. The third kappa shape index (κ3) is 3.07. The SMILES string of the molecule is Cc1cc(N2CC(C)OC(C)C2)c([C@H](C)O)cc1F. The summed E-state index contributed by atoms with van der Waals surface area (Å²) in [5, 5.41) is 9.86. The number of anilines is 1. The predicted molar refractivity (Wildman–Crippen MR) is 74.0 cm³/mol. The van der Waals surface area contributed by atoms with Crippen LogP contribution in [0.2, 0.25) is 0 Å². The second-order valence-electron chi connectivity index (χ2n) is 5.50. The molecule has 0 amide bonds. The van der Waals surface area contributed by atoms with Gasteiger partial charge in [0, 0.05) is 24.3 Å². The molecule has 0 spiro atoms. The maximum atomic E-state index is 13.7. The fraction of sp³-hybridized carbons (Fsp3) is 0.600. The summed E-state index contributed by atoms with van der Waals surface area (Å²) in [6, 6.07) is 3.27. The molecule has 3 nitrogen and oxygen atoms in total. The molecule has 106 valence electrons. The number of aliphatic hydroxyl groups excluding tert-OH is 1. The quantitative estimate of drug-likeness (QED) is 0.894. The van der Waals surface area contributed by atoms with Gasteiger partial charge >= 0.3 is 0 Å². The molecule has 1 aromatic rings. The summed E-state index contributed by atoms with van der Waals surface area (Å²) >= 11 is 0. The summed E-state index contributed by atoms with van der Waals surface area (Å²) in [7, 11) is 0. The molecule has 2 rings (SSSR count). The molecule has 1 saturated heterocycles. The maximum absolute atomic E-state index is 13.7. The van der Waals surface area contributed by atoms with Gasteiger partial charge in [-0.05, 0) is 45.4 Å². The van der Waals surface area contributed by atoms with E-state index in [1.807, 2.05) is 19.9 Å². The van der Waals surface area contributed by atoms with Crippen LogP contribution in [0.1, 0.15) is 38.0 Å². The normalized spacial score (nSPS) is 25.5. The van der Waals surface area contributed by atoms with Gasteiger partial charge in [-0.25, -0.2) is 4.39 Å². The molecule has 2 unspecified atom stereocenters. The minimum Gasteiger partial charge on any atom is -0.389 e. The van der Waals surface area contributed by atoms with Gasteiger partial charge in [-0.1, -0.05) is 0 Å². The molecule has 0 bridgehead atoms. The Kier molecular flexibility index (Phi) is 4.11. The van der Waals surface area contributed by atoms with E-state index >= 15 is 0 Å². The highest BCUT2D eigenvalue weighted by Crippen LogP contribution is 2.31. The smallest absolute Gasteiger partial charge is 0.126 e. The zero-order valence-electron chi connectivity index (χ0n) is 12.0. The maximum Gasteiger partial charge on any atom is 0.126 e. The lowest BCUT2D eigenvalue weighted by Crippen LogP contribution is -2.46. The summed E-state index contributed by atoms with van der Waals surface area (Å²) in [5.74, 6) is -0.269. The molecule has 1 aliphatic rings. The Bertz CT molecular complexity index is 452. The largest absolute Gasteiger partial charge is 0.389 e. The Morgan fingerprint density at radius 3 is 2.42 bits per heavy atom. The van der Waals surface area contributed by atoms with E-state index in [9.17, 15) is 9.50 Å². The monoisotopic (exact) mass is 267 g/mol. The third-order valence-corrected chi connectivity index (χ3v) is 3.52. The Hall–Kier alpha value is -1.13. The van der Waals surface area contributed by atoms with Gasteiger partial charge in [0.05, 0.1) is 18.3 Å². The lowest BCUT2D eigenvalue weighted by atomic mass is 10.0. The minimum atomic E-state index is -0.682. The molecule has 1 fully saturated rings. The summed E-state index contributed by atoms with van der Waals surface area (Å²) in [4.78, 5) is 2.17. The Balaban J connectivity index is 2.40. The van der Waals surface area contributed by atoms with E-state index in [4.69, 9.17) is 4.74 Å². The molecule has 1 N–H and O–H groups in total. The number of benzene rings is 1. The first-order chi connectivity index (χ1) is 8.88. The van der Waals surface area contributed by atoms with Crippen molar-refractivity contribution < 1.29 is 14.2 Å². The average Bonchev–Trinajstić information content (AvgIpc) is 2.30. The number of nitrogens with zero attached hydrogens (tertiary/aromatic N) is 1. The lowest BCUT2D eigenvalue weighted by Gasteiger charge is -2.38. The standard InChI is InChI=1S/C15H22FNO2/c1-9-5-15(13(12(4)18)6-14(9)16)17-7-10(2)19-11(3)8-17/h5-6,10-12,18H,7-8H2,1-4H3/t10?,11?,12-/m0/s1. The number of halogens is 1. The molecule has 19 heavy (non-hydrogen) atoms. The second-order valence-corrected chi connectivity index (χ2v) is 5.50.